The molecule has 4 nitrogen and oxygen atoms in total. The molecule has 0 radical (unpaired) electrons. The van der Waals surface area contributed by atoms with Gasteiger partial charge in [-0.25, -0.2) is 4.99 Å². The molecule has 29 heavy (non-hydrogen) atoms. The van der Waals surface area contributed by atoms with Crippen LogP contribution in [0.15, 0.2) is 65.7 Å². The summed E-state index contributed by atoms with van der Waals surface area (Å²) in [7, 11) is 2.12. The molecule has 2 aromatic rings. The summed E-state index contributed by atoms with van der Waals surface area (Å²) in [6.07, 6.45) is 7.13. The Hall–Kier alpha value is -2.27. The van der Waals surface area contributed by atoms with Crippen molar-refractivity contribution < 1.29 is 4.79 Å². The first-order valence-electron chi connectivity index (χ1n) is 10.5. The van der Waals surface area contributed by atoms with Gasteiger partial charge in [0.2, 0.25) is 5.91 Å². The molecule has 1 amide bonds. The Morgan fingerprint density at radius 1 is 1.03 bits per heavy atom. The first-order chi connectivity index (χ1) is 14.2. The van der Waals surface area contributed by atoms with Crippen LogP contribution in [-0.2, 0) is 11.2 Å². The zero-order valence-electron chi connectivity index (χ0n) is 17.2. The number of carbonyl (C=O) groups excluding carboxylic acids is 1. The van der Waals surface area contributed by atoms with E-state index in [9.17, 15) is 4.79 Å². The molecule has 1 fully saturated rings. The van der Waals surface area contributed by atoms with Crippen molar-refractivity contribution >= 4 is 28.5 Å². The fraction of sp³-hybridized carbons (Fsp3) is 0.417. The van der Waals surface area contributed by atoms with E-state index in [4.69, 9.17) is 4.99 Å². The summed E-state index contributed by atoms with van der Waals surface area (Å²) >= 11 is 1.54. The molecular weight excluding hydrogens is 378 g/mol. The van der Waals surface area contributed by atoms with Gasteiger partial charge in [0, 0.05) is 19.6 Å². The van der Waals surface area contributed by atoms with Crippen molar-refractivity contribution in [3.63, 3.8) is 0 Å². The van der Waals surface area contributed by atoms with Crippen LogP contribution in [-0.4, -0.2) is 41.4 Å². The van der Waals surface area contributed by atoms with Crippen molar-refractivity contribution in [3.8, 4) is 0 Å². The molecule has 0 spiro atoms. The highest BCUT2D eigenvalue weighted by atomic mass is 32.2. The molecule has 2 aromatic carbocycles. The van der Waals surface area contributed by atoms with Crippen LogP contribution in [0.2, 0.25) is 0 Å². The van der Waals surface area contributed by atoms with Crippen molar-refractivity contribution in [2.45, 2.75) is 44.6 Å². The number of carbonyl (C=O) groups is 1. The van der Waals surface area contributed by atoms with Crippen LogP contribution >= 0.6 is 11.8 Å². The summed E-state index contributed by atoms with van der Waals surface area (Å²) in [6.45, 7) is 0.660. The summed E-state index contributed by atoms with van der Waals surface area (Å²) < 4.78 is 0. The highest BCUT2D eigenvalue weighted by molar-refractivity contribution is 8.14. The van der Waals surface area contributed by atoms with Crippen molar-refractivity contribution in [2.24, 2.45) is 4.99 Å². The standard InChI is InChI=1S/C24H31N3OS/c1-27(22-15-9-4-10-16-22)24(26-21-13-7-3-8-14-21)29-19-23(28)25-18-17-20-11-5-2-6-12-20/h2-3,5-8,11-14,22H,4,9-10,15-19H2,1H3,(H,25,28). The van der Waals surface area contributed by atoms with Gasteiger partial charge in [0.1, 0.15) is 0 Å². The predicted molar refractivity (Wildman–Crippen MR) is 124 cm³/mol. The number of para-hydroxylation sites is 1. The molecule has 0 aliphatic heterocycles. The van der Waals surface area contributed by atoms with E-state index >= 15 is 0 Å². The Morgan fingerprint density at radius 3 is 2.38 bits per heavy atom. The van der Waals surface area contributed by atoms with Gasteiger partial charge in [-0.05, 0) is 37.0 Å². The zero-order valence-corrected chi connectivity index (χ0v) is 18.0. The van der Waals surface area contributed by atoms with Crippen molar-refractivity contribution in [3.05, 3.63) is 66.2 Å². The lowest BCUT2D eigenvalue weighted by Gasteiger charge is -2.33. The van der Waals surface area contributed by atoms with Crippen LogP contribution in [0.5, 0.6) is 0 Å². The molecule has 154 valence electrons. The molecule has 0 atom stereocenters. The number of nitrogens with one attached hydrogen (secondary N) is 1. The van der Waals surface area contributed by atoms with Crippen LogP contribution < -0.4 is 5.32 Å². The number of nitrogens with zero attached hydrogens (tertiary/aromatic N) is 2. The van der Waals surface area contributed by atoms with Gasteiger partial charge in [0.05, 0.1) is 11.4 Å². The first kappa shape index (κ1) is 21.4. The third-order valence-electron chi connectivity index (χ3n) is 5.32. The quantitative estimate of drug-likeness (QED) is 0.515. The number of rotatable bonds is 7. The Labute approximate surface area is 178 Å². The maximum Gasteiger partial charge on any atom is 0.230 e. The second-order valence-corrected chi connectivity index (χ2v) is 8.45. The van der Waals surface area contributed by atoms with Crippen LogP contribution in [0.4, 0.5) is 5.69 Å². The van der Waals surface area contributed by atoms with E-state index < -0.39 is 0 Å². The molecular formula is C24H31N3OS. The van der Waals surface area contributed by atoms with E-state index in [0.29, 0.717) is 18.3 Å². The van der Waals surface area contributed by atoms with Crippen LogP contribution in [0, 0.1) is 0 Å². The third kappa shape index (κ3) is 7.24. The second kappa shape index (κ2) is 11.7. The normalized spacial score (nSPS) is 15.1. The highest BCUT2D eigenvalue weighted by Crippen LogP contribution is 2.25. The molecule has 0 saturated heterocycles. The molecule has 0 heterocycles. The molecule has 3 rings (SSSR count). The second-order valence-electron chi connectivity index (χ2n) is 7.51. The Balaban J connectivity index is 1.56. The van der Waals surface area contributed by atoms with Gasteiger partial charge in [-0.3, -0.25) is 4.79 Å². The topological polar surface area (TPSA) is 44.7 Å². The fourth-order valence-electron chi connectivity index (χ4n) is 3.62. The molecule has 1 aliphatic carbocycles. The van der Waals surface area contributed by atoms with E-state index in [2.05, 4.69) is 29.4 Å². The van der Waals surface area contributed by atoms with Crippen LogP contribution in [0.3, 0.4) is 0 Å². The number of amides is 1. The van der Waals surface area contributed by atoms with Gasteiger partial charge < -0.3 is 10.2 Å². The number of hydrogen-bond acceptors (Lipinski definition) is 3. The summed E-state index contributed by atoms with van der Waals surface area (Å²) in [5.41, 5.74) is 2.17. The minimum Gasteiger partial charge on any atom is -0.355 e. The number of aliphatic imine (C=N–C) groups is 1. The van der Waals surface area contributed by atoms with E-state index in [0.717, 1.165) is 17.3 Å². The van der Waals surface area contributed by atoms with E-state index in [-0.39, 0.29) is 5.91 Å². The van der Waals surface area contributed by atoms with Crippen molar-refractivity contribution in [1.82, 2.24) is 10.2 Å². The third-order valence-corrected chi connectivity index (χ3v) is 6.36. The van der Waals surface area contributed by atoms with Gasteiger partial charge in [0.25, 0.3) is 0 Å². The van der Waals surface area contributed by atoms with E-state index in [1.54, 1.807) is 0 Å². The Bertz CT molecular complexity index is 773. The Kier molecular flexibility index (Phi) is 8.62. The van der Waals surface area contributed by atoms with Crippen molar-refractivity contribution in [2.75, 3.05) is 19.3 Å². The summed E-state index contributed by atoms with van der Waals surface area (Å²) in [6, 6.07) is 20.8. The van der Waals surface area contributed by atoms with Gasteiger partial charge in [0.15, 0.2) is 5.17 Å². The maximum absolute atomic E-state index is 12.4. The smallest absolute Gasteiger partial charge is 0.230 e. The molecule has 0 bridgehead atoms. The highest BCUT2D eigenvalue weighted by Gasteiger charge is 2.22. The van der Waals surface area contributed by atoms with Crippen LogP contribution in [0.1, 0.15) is 37.7 Å². The van der Waals surface area contributed by atoms with E-state index in [1.807, 2.05) is 48.5 Å². The summed E-state index contributed by atoms with van der Waals surface area (Å²) in [5.74, 6) is 0.445. The van der Waals surface area contributed by atoms with Crippen LogP contribution in [0.25, 0.3) is 0 Å². The summed E-state index contributed by atoms with van der Waals surface area (Å²) in [5, 5.41) is 3.97. The zero-order chi connectivity index (χ0) is 20.3. The molecule has 0 unspecified atom stereocenters. The van der Waals surface area contributed by atoms with Gasteiger partial charge in [-0.2, -0.15) is 0 Å². The lowest BCUT2D eigenvalue weighted by Crippen LogP contribution is -2.38. The Morgan fingerprint density at radius 2 is 1.69 bits per heavy atom. The number of thioether (sulfide) groups is 1. The fourth-order valence-corrected chi connectivity index (χ4v) is 4.51. The van der Waals surface area contributed by atoms with E-state index in [1.165, 1.54) is 49.4 Å². The molecule has 0 aromatic heterocycles. The maximum atomic E-state index is 12.4. The lowest BCUT2D eigenvalue weighted by atomic mass is 9.95. The number of benzene rings is 2. The average molecular weight is 410 g/mol. The number of hydrogen-bond donors (Lipinski definition) is 1. The average Bonchev–Trinajstić information content (AvgIpc) is 2.78. The largest absolute Gasteiger partial charge is 0.355 e. The molecule has 1 saturated carbocycles. The molecule has 5 heteroatoms. The molecule has 1 N–H and O–H groups in total. The monoisotopic (exact) mass is 409 g/mol. The number of amidine groups is 1. The van der Waals surface area contributed by atoms with Gasteiger partial charge in [-0.15, -0.1) is 0 Å². The SMILES string of the molecule is CN(C(=Nc1ccccc1)SCC(=O)NCCc1ccccc1)C1CCCCC1. The minimum atomic E-state index is 0.0590. The first-order valence-corrected chi connectivity index (χ1v) is 11.5. The van der Waals surface area contributed by atoms with Crippen molar-refractivity contribution in [1.29, 1.82) is 0 Å². The predicted octanol–water partition coefficient (Wildman–Crippen LogP) is 5.03. The minimum absolute atomic E-state index is 0.0590. The summed E-state index contributed by atoms with van der Waals surface area (Å²) in [4.78, 5) is 19.5. The molecule has 1 aliphatic rings. The van der Waals surface area contributed by atoms with Gasteiger partial charge >= 0.3 is 0 Å². The lowest BCUT2D eigenvalue weighted by molar-refractivity contribution is -0.118. The van der Waals surface area contributed by atoms with Gasteiger partial charge in [-0.1, -0.05) is 79.6 Å².